The molecule has 0 saturated carbocycles. The highest BCUT2D eigenvalue weighted by molar-refractivity contribution is 5.97. The molecule has 2 amide bonds. The molecule has 120 valence electrons. The van der Waals surface area contributed by atoms with Gasteiger partial charge in [-0.05, 0) is 31.0 Å². The average molecular weight is 309 g/mol. The van der Waals surface area contributed by atoms with Crippen LogP contribution in [0.15, 0.2) is 18.2 Å². The fourth-order valence-corrected chi connectivity index (χ4v) is 2.44. The Balaban J connectivity index is 2.18. The van der Waals surface area contributed by atoms with Crippen LogP contribution in [0.25, 0.3) is 0 Å². The molecule has 7 heteroatoms. The van der Waals surface area contributed by atoms with E-state index in [4.69, 9.17) is 10.5 Å². The van der Waals surface area contributed by atoms with E-state index < -0.39 is 11.2 Å². The third-order valence-corrected chi connectivity index (χ3v) is 3.86. The number of carbonyl (C=O) groups excluding carboxylic acids is 2. The molecule has 1 aliphatic rings. The van der Waals surface area contributed by atoms with Gasteiger partial charge in [-0.25, -0.2) is 4.39 Å². The van der Waals surface area contributed by atoms with E-state index in [2.05, 4.69) is 10.6 Å². The lowest BCUT2D eigenvalue weighted by atomic mass is 9.79. The highest BCUT2D eigenvalue weighted by atomic mass is 19.1. The van der Waals surface area contributed by atoms with E-state index in [0.717, 1.165) is 0 Å². The van der Waals surface area contributed by atoms with E-state index in [9.17, 15) is 14.0 Å². The van der Waals surface area contributed by atoms with Gasteiger partial charge in [0.2, 0.25) is 11.8 Å². The number of amides is 2. The summed E-state index contributed by atoms with van der Waals surface area (Å²) < 4.78 is 19.1. The van der Waals surface area contributed by atoms with Crippen LogP contribution < -0.4 is 16.4 Å². The summed E-state index contributed by atoms with van der Waals surface area (Å²) >= 11 is 0. The SMILES string of the molecule is CC(=O)Nc1ccc(F)c(NC(=O)C2(CN)CCOCC2)c1. The fraction of sp³-hybridized carbons (Fsp3) is 0.467. The van der Waals surface area contributed by atoms with Crippen LogP contribution in [0, 0.1) is 11.2 Å². The van der Waals surface area contributed by atoms with Gasteiger partial charge in [0.1, 0.15) is 5.82 Å². The van der Waals surface area contributed by atoms with Crippen molar-refractivity contribution in [3.63, 3.8) is 0 Å². The number of benzene rings is 1. The molecule has 0 unspecified atom stereocenters. The normalized spacial score (nSPS) is 16.9. The molecule has 0 aliphatic carbocycles. The highest BCUT2D eigenvalue weighted by Gasteiger charge is 2.39. The lowest BCUT2D eigenvalue weighted by Gasteiger charge is -2.34. The van der Waals surface area contributed by atoms with Gasteiger partial charge in [-0.1, -0.05) is 0 Å². The molecule has 0 atom stereocenters. The van der Waals surface area contributed by atoms with Crippen LogP contribution in [0.1, 0.15) is 19.8 Å². The molecule has 2 rings (SSSR count). The maximum atomic E-state index is 13.9. The lowest BCUT2D eigenvalue weighted by molar-refractivity contribution is -0.130. The summed E-state index contributed by atoms with van der Waals surface area (Å²) in [6.45, 7) is 2.44. The van der Waals surface area contributed by atoms with E-state index in [0.29, 0.717) is 31.7 Å². The molecule has 0 spiro atoms. The molecule has 6 nitrogen and oxygen atoms in total. The molecule has 22 heavy (non-hydrogen) atoms. The van der Waals surface area contributed by atoms with Crippen molar-refractivity contribution in [2.75, 3.05) is 30.4 Å². The summed E-state index contributed by atoms with van der Waals surface area (Å²) in [5.41, 5.74) is 5.46. The Morgan fingerprint density at radius 2 is 2.00 bits per heavy atom. The van der Waals surface area contributed by atoms with Crippen molar-refractivity contribution in [2.45, 2.75) is 19.8 Å². The predicted octanol–water partition coefficient (Wildman–Crippen LogP) is 1.48. The topological polar surface area (TPSA) is 93.5 Å². The molecular formula is C15H20FN3O3. The lowest BCUT2D eigenvalue weighted by Crippen LogP contribution is -2.46. The summed E-state index contributed by atoms with van der Waals surface area (Å²) in [5.74, 6) is -1.16. The monoisotopic (exact) mass is 309 g/mol. The smallest absolute Gasteiger partial charge is 0.232 e. The molecule has 0 bridgehead atoms. The number of nitrogens with two attached hydrogens (primary N) is 1. The van der Waals surface area contributed by atoms with Gasteiger partial charge >= 0.3 is 0 Å². The first-order chi connectivity index (χ1) is 10.5. The van der Waals surface area contributed by atoms with Crippen LogP contribution >= 0.6 is 0 Å². The summed E-state index contributed by atoms with van der Waals surface area (Å²) in [4.78, 5) is 23.6. The first-order valence-electron chi connectivity index (χ1n) is 7.13. The van der Waals surface area contributed by atoms with Gasteiger partial charge in [0.25, 0.3) is 0 Å². The first-order valence-corrected chi connectivity index (χ1v) is 7.13. The number of ether oxygens (including phenoxy) is 1. The maximum absolute atomic E-state index is 13.9. The Hall–Kier alpha value is -1.99. The third-order valence-electron chi connectivity index (χ3n) is 3.86. The summed E-state index contributed by atoms with van der Waals surface area (Å²) in [6.07, 6.45) is 1.00. The second kappa shape index (κ2) is 6.85. The quantitative estimate of drug-likeness (QED) is 0.785. The van der Waals surface area contributed by atoms with Crippen molar-refractivity contribution in [3.8, 4) is 0 Å². The van der Waals surface area contributed by atoms with Gasteiger partial charge in [-0.2, -0.15) is 0 Å². The van der Waals surface area contributed by atoms with Gasteiger partial charge < -0.3 is 21.1 Å². The van der Waals surface area contributed by atoms with E-state index in [1.54, 1.807) is 0 Å². The number of nitrogens with one attached hydrogen (secondary N) is 2. The van der Waals surface area contributed by atoms with Crippen molar-refractivity contribution in [2.24, 2.45) is 11.1 Å². The van der Waals surface area contributed by atoms with Gasteiger partial charge in [0.15, 0.2) is 0 Å². The highest BCUT2D eigenvalue weighted by Crippen LogP contribution is 2.31. The Morgan fingerprint density at radius 3 is 2.59 bits per heavy atom. The van der Waals surface area contributed by atoms with E-state index in [1.165, 1.54) is 25.1 Å². The van der Waals surface area contributed by atoms with Gasteiger partial charge in [0.05, 0.1) is 11.1 Å². The van der Waals surface area contributed by atoms with Gasteiger partial charge in [-0.15, -0.1) is 0 Å². The van der Waals surface area contributed by atoms with Crippen LogP contribution in [-0.2, 0) is 14.3 Å². The number of anilines is 2. The third kappa shape index (κ3) is 3.61. The zero-order valence-corrected chi connectivity index (χ0v) is 12.4. The van der Waals surface area contributed by atoms with Crippen LogP contribution in [0.2, 0.25) is 0 Å². The largest absolute Gasteiger partial charge is 0.381 e. The van der Waals surface area contributed by atoms with Crippen LogP contribution in [0.3, 0.4) is 0 Å². The standard InChI is InChI=1S/C15H20FN3O3/c1-10(20)18-11-2-3-12(16)13(8-11)19-14(21)15(9-17)4-6-22-7-5-15/h2-3,8H,4-7,9,17H2,1H3,(H,18,20)(H,19,21). The Labute approximate surface area is 128 Å². The number of rotatable bonds is 4. The number of carbonyl (C=O) groups is 2. The second-order valence-electron chi connectivity index (χ2n) is 5.43. The Morgan fingerprint density at radius 1 is 1.32 bits per heavy atom. The number of hydrogen-bond donors (Lipinski definition) is 3. The van der Waals surface area contributed by atoms with E-state index in [-0.39, 0.29) is 24.0 Å². The molecule has 4 N–H and O–H groups in total. The van der Waals surface area contributed by atoms with Crippen molar-refractivity contribution in [1.82, 2.24) is 0 Å². The Kier molecular flexibility index (Phi) is 5.10. The molecule has 1 saturated heterocycles. The maximum Gasteiger partial charge on any atom is 0.232 e. The zero-order chi connectivity index (χ0) is 16.2. The van der Waals surface area contributed by atoms with Gasteiger partial charge in [0, 0.05) is 32.4 Å². The van der Waals surface area contributed by atoms with E-state index in [1.807, 2.05) is 0 Å². The Bertz CT molecular complexity index is 571. The van der Waals surface area contributed by atoms with Crippen LogP contribution in [-0.4, -0.2) is 31.6 Å². The number of halogens is 1. The molecule has 1 aromatic carbocycles. The van der Waals surface area contributed by atoms with Crippen molar-refractivity contribution in [1.29, 1.82) is 0 Å². The van der Waals surface area contributed by atoms with Crippen molar-refractivity contribution >= 4 is 23.2 Å². The summed E-state index contributed by atoms with van der Waals surface area (Å²) in [5, 5.41) is 5.13. The van der Waals surface area contributed by atoms with Crippen LogP contribution in [0.4, 0.5) is 15.8 Å². The van der Waals surface area contributed by atoms with Crippen molar-refractivity contribution in [3.05, 3.63) is 24.0 Å². The summed E-state index contributed by atoms with van der Waals surface area (Å²) in [7, 11) is 0. The minimum atomic E-state index is -0.741. The predicted molar refractivity (Wildman–Crippen MR) is 80.9 cm³/mol. The first kappa shape index (κ1) is 16.4. The molecule has 1 aliphatic heterocycles. The summed E-state index contributed by atoms with van der Waals surface area (Å²) in [6, 6.07) is 4.01. The minimum absolute atomic E-state index is 0.0237. The molecule has 1 heterocycles. The molecule has 1 aromatic rings. The molecule has 0 radical (unpaired) electrons. The molecule has 1 fully saturated rings. The second-order valence-corrected chi connectivity index (χ2v) is 5.43. The van der Waals surface area contributed by atoms with Crippen LogP contribution in [0.5, 0.6) is 0 Å². The molecular weight excluding hydrogens is 289 g/mol. The average Bonchev–Trinajstić information content (AvgIpc) is 2.50. The van der Waals surface area contributed by atoms with E-state index >= 15 is 0 Å². The molecule has 0 aromatic heterocycles. The zero-order valence-electron chi connectivity index (χ0n) is 12.4. The fourth-order valence-electron chi connectivity index (χ4n) is 2.44. The number of hydrogen-bond acceptors (Lipinski definition) is 4. The minimum Gasteiger partial charge on any atom is -0.381 e. The van der Waals surface area contributed by atoms with Gasteiger partial charge in [-0.3, -0.25) is 9.59 Å². The van der Waals surface area contributed by atoms with Crippen molar-refractivity contribution < 1.29 is 18.7 Å².